The topological polar surface area (TPSA) is 59.5 Å². The van der Waals surface area contributed by atoms with E-state index in [1.54, 1.807) is 10.5 Å². The molecule has 1 aromatic heterocycles. The second kappa shape index (κ2) is 5.78. The number of thioether (sulfide) groups is 1. The molecule has 21 heavy (non-hydrogen) atoms. The lowest BCUT2D eigenvalue weighted by Gasteiger charge is -2.46. The molecule has 2 fully saturated rings. The van der Waals surface area contributed by atoms with Crippen LogP contribution in [-0.2, 0) is 10.0 Å². The Morgan fingerprint density at radius 1 is 1.48 bits per heavy atom. The number of sulfonamides is 1. The van der Waals surface area contributed by atoms with E-state index >= 15 is 0 Å². The van der Waals surface area contributed by atoms with Crippen LogP contribution in [0.25, 0.3) is 0 Å². The summed E-state index contributed by atoms with van der Waals surface area (Å²) >= 11 is 1.84. The minimum Gasteiger partial charge on any atom is -0.473 e. The second-order valence-corrected chi connectivity index (χ2v) is 9.27. The molecule has 2 aliphatic rings. The van der Waals surface area contributed by atoms with Crippen molar-refractivity contribution < 1.29 is 13.2 Å². The van der Waals surface area contributed by atoms with Crippen molar-refractivity contribution in [3.8, 4) is 5.88 Å². The van der Waals surface area contributed by atoms with Gasteiger partial charge in [0, 0.05) is 42.3 Å². The van der Waals surface area contributed by atoms with Gasteiger partial charge in [0.05, 0.1) is 5.75 Å². The van der Waals surface area contributed by atoms with Crippen molar-refractivity contribution in [1.29, 1.82) is 0 Å². The number of hydrogen-bond acceptors (Lipinski definition) is 5. The van der Waals surface area contributed by atoms with Gasteiger partial charge in [0.15, 0.2) is 0 Å². The summed E-state index contributed by atoms with van der Waals surface area (Å²) in [6.45, 7) is 3.15. The van der Waals surface area contributed by atoms with Crippen LogP contribution in [0.1, 0.15) is 19.8 Å². The molecule has 1 aromatic rings. The molecule has 116 valence electrons. The smallest absolute Gasteiger partial charge is 0.214 e. The Balaban J connectivity index is 1.55. The van der Waals surface area contributed by atoms with Crippen LogP contribution in [0.15, 0.2) is 24.4 Å². The zero-order valence-corrected chi connectivity index (χ0v) is 13.7. The lowest BCUT2D eigenvalue weighted by Crippen LogP contribution is -2.61. The predicted molar refractivity (Wildman–Crippen MR) is 84.1 cm³/mol. The summed E-state index contributed by atoms with van der Waals surface area (Å²) in [5.74, 6) is 1.80. The van der Waals surface area contributed by atoms with Crippen molar-refractivity contribution in [2.45, 2.75) is 30.6 Å². The fourth-order valence-electron chi connectivity index (χ4n) is 2.87. The fourth-order valence-corrected chi connectivity index (χ4v) is 6.21. The lowest BCUT2D eigenvalue weighted by molar-refractivity contribution is 0.155. The van der Waals surface area contributed by atoms with Gasteiger partial charge in [-0.15, -0.1) is 11.8 Å². The molecular formula is C14H20N2O3S2. The van der Waals surface area contributed by atoms with Gasteiger partial charge in [-0.2, -0.15) is 4.31 Å². The molecule has 5 nitrogen and oxygen atoms in total. The first-order chi connectivity index (χ1) is 10.0. The van der Waals surface area contributed by atoms with Crippen LogP contribution < -0.4 is 4.74 Å². The van der Waals surface area contributed by atoms with Crippen LogP contribution in [0.3, 0.4) is 0 Å². The van der Waals surface area contributed by atoms with Gasteiger partial charge in [0.1, 0.15) is 6.10 Å². The Bertz CT molecular complexity index is 585. The quantitative estimate of drug-likeness (QED) is 0.824. The largest absolute Gasteiger partial charge is 0.473 e. The maximum absolute atomic E-state index is 12.0. The summed E-state index contributed by atoms with van der Waals surface area (Å²) in [6, 6.07) is 5.62. The third kappa shape index (κ3) is 3.19. The van der Waals surface area contributed by atoms with E-state index in [4.69, 9.17) is 4.74 Å². The standard InChI is InChI=1S/C14H20N2O3S2/c1-2-7-21(17,18)16-10-14(11-16)8-12(9-20-14)19-13-5-3-4-6-15-13/h3-6,12H,2,7-11H2,1H3/t12-/m0/s1. The van der Waals surface area contributed by atoms with Gasteiger partial charge in [-0.05, 0) is 12.5 Å². The lowest BCUT2D eigenvalue weighted by atomic mass is 9.95. The van der Waals surface area contributed by atoms with Gasteiger partial charge in [0.25, 0.3) is 0 Å². The maximum Gasteiger partial charge on any atom is 0.214 e. The van der Waals surface area contributed by atoms with Crippen molar-refractivity contribution in [3.63, 3.8) is 0 Å². The zero-order chi connectivity index (χ0) is 14.9. The van der Waals surface area contributed by atoms with E-state index in [9.17, 15) is 8.42 Å². The Morgan fingerprint density at radius 2 is 2.29 bits per heavy atom. The predicted octanol–water partition coefficient (Wildman–Crippen LogP) is 1.76. The fraction of sp³-hybridized carbons (Fsp3) is 0.643. The van der Waals surface area contributed by atoms with Crippen molar-refractivity contribution in [2.75, 3.05) is 24.6 Å². The highest BCUT2D eigenvalue weighted by molar-refractivity contribution is 8.01. The molecule has 1 atom stereocenters. The molecule has 0 aliphatic carbocycles. The highest BCUT2D eigenvalue weighted by Gasteiger charge is 2.53. The van der Waals surface area contributed by atoms with Gasteiger partial charge >= 0.3 is 0 Å². The number of rotatable bonds is 5. The van der Waals surface area contributed by atoms with E-state index in [0.717, 1.165) is 12.2 Å². The summed E-state index contributed by atoms with van der Waals surface area (Å²) < 4.78 is 31.6. The Hall–Kier alpha value is -0.790. The number of ether oxygens (including phenoxy) is 1. The number of pyridine rings is 1. The van der Waals surface area contributed by atoms with Gasteiger partial charge in [0.2, 0.25) is 15.9 Å². The molecule has 0 saturated carbocycles. The molecule has 0 bridgehead atoms. The van der Waals surface area contributed by atoms with E-state index in [2.05, 4.69) is 4.98 Å². The Morgan fingerprint density at radius 3 is 2.95 bits per heavy atom. The minimum atomic E-state index is -3.05. The Labute approximate surface area is 130 Å². The molecule has 3 heterocycles. The minimum absolute atomic E-state index is 0.0558. The monoisotopic (exact) mass is 328 g/mol. The van der Waals surface area contributed by atoms with Crippen molar-refractivity contribution in [1.82, 2.24) is 9.29 Å². The molecule has 0 radical (unpaired) electrons. The highest BCUT2D eigenvalue weighted by atomic mass is 32.2. The van der Waals surface area contributed by atoms with Gasteiger partial charge in [-0.1, -0.05) is 13.0 Å². The van der Waals surface area contributed by atoms with Crippen LogP contribution in [0.5, 0.6) is 5.88 Å². The third-order valence-electron chi connectivity index (χ3n) is 3.88. The Kier molecular flexibility index (Phi) is 4.16. The van der Waals surface area contributed by atoms with E-state index in [-0.39, 0.29) is 16.6 Å². The first-order valence-electron chi connectivity index (χ1n) is 7.22. The number of aromatic nitrogens is 1. The summed E-state index contributed by atoms with van der Waals surface area (Å²) in [5.41, 5.74) is 0. The van der Waals surface area contributed by atoms with Crippen LogP contribution in [-0.4, -0.2) is 53.2 Å². The molecular weight excluding hydrogens is 308 g/mol. The molecule has 0 unspecified atom stereocenters. The summed E-state index contributed by atoms with van der Waals surface area (Å²) in [5, 5.41) is 0. The van der Waals surface area contributed by atoms with Crippen molar-refractivity contribution >= 4 is 21.8 Å². The van der Waals surface area contributed by atoms with Crippen molar-refractivity contribution in [2.24, 2.45) is 0 Å². The first kappa shape index (κ1) is 15.1. The maximum atomic E-state index is 12.0. The third-order valence-corrected chi connectivity index (χ3v) is 7.43. The average molecular weight is 328 g/mol. The van der Waals surface area contributed by atoms with E-state index in [1.165, 1.54) is 0 Å². The molecule has 0 amide bonds. The number of nitrogens with zero attached hydrogens (tertiary/aromatic N) is 2. The first-order valence-corrected chi connectivity index (χ1v) is 9.82. The molecule has 2 aliphatic heterocycles. The van der Waals surface area contributed by atoms with Crippen molar-refractivity contribution in [3.05, 3.63) is 24.4 Å². The van der Waals surface area contributed by atoms with Crippen LogP contribution in [0.4, 0.5) is 0 Å². The van der Waals surface area contributed by atoms with Gasteiger partial charge in [-0.3, -0.25) is 0 Å². The molecule has 0 N–H and O–H groups in total. The van der Waals surface area contributed by atoms with E-state index < -0.39 is 10.0 Å². The second-order valence-electron chi connectivity index (χ2n) is 5.69. The zero-order valence-electron chi connectivity index (χ0n) is 12.1. The molecule has 2 saturated heterocycles. The summed E-state index contributed by atoms with van der Waals surface area (Å²) in [7, 11) is -3.05. The summed E-state index contributed by atoms with van der Waals surface area (Å²) in [4.78, 5) is 4.17. The molecule has 7 heteroatoms. The average Bonchev–Trinajstić information content (AvgIpc) is 2.82. The van der Waals surface area contributed by atoms with Gasteiger partial charge < -0.3 is 4.74 Å². The highest BCUT2D eigenvalue weighted by Crippen LogP contribution is 2.46. The number of hydrogen-bond donors (Lipinski definition) is 0. The van der Waals surface area contributed by atoms with Gasteiger partial charge in [-0.25, -0.2) is 13.4 Å². The van der Waals surface area contributed by atoms with Crippen LogP contribution in [0, 0.1) is 0 Å². The molecule has 0 aromatic carbocycles. The molecule has 1 spiro atoms. The van der Waals surface area contributed by atoms with Crippen LogP contribution in [0.2, 0.25) is 0 Å². The van der Waals surface area contributed by atoms with E-state index in [1.807, 2.05) is 36.9 Å². The summed E-state index contributed by atoms with van der Waals surface area (Å²) in [6.07, 6.45) is 3.41. The SMILES string of the molecule is CCCS(=O)(=O)N1CC2(C[C@H](Oc3ccccn3)CS2)C1. The van der Waals surface area contributed by atoms with E-state index in [0.29, 0.717) is 25.4 Å². The van der Waals surface area contributed by atoms with Crippen LogP contribution >= 0.6 is 11.8 Å². The molecule has 3 rings (SSSR count). The normalized spacial score (nSPS) is 24.9.